The van der Waals surface area contributed by atoms with Crippen LogP contribution in [0.3, 0.4) is 0 Å². The maximum absolute atomic E-state index is 13.6. The predicted molar refractivity (Wildman–Crippen MR) is 77.1 cm³/mol. The van der Waals surface area contributed by atoms with Gasteiger partial charge in [-0.15, -0.1) is 0 Å². The minimum absolute atomic E-state index is 0.254. The van der Waals surface area contributed by atoms with E-state index in [0.717, 1.165) is 6.07 Å². The number of fused-ring (bicyclic) bond motifs is 1. The third-order valence-corrected chi connectivity index (χ3v) is 3.50. The van der Waals surface area contributed by atoms with Gasteiger partial charge in [-0.05, 0) is 44.4 Å². The van der Waals surface area contributed by atoms with E-state index in [2.05, 4.69) is 0 Å². The molecule has 1 aliphatic rings. The molecule has 0 amide bonds. The van der Waals surface area contributed by atoms with Crippen LogP contribution in [0.25, 0.3) is 0 Å². The van der Waals surface area contributed by atoms with Crippen molar-refractivity contribution in [2.45, 2.75) is 45.4 Å². The summed E-state index contributed by atoms with van der Waals surface area (Å²) in [7, 11) is 0. The lowest BCUT2D eigenvalue weighted by Gasteiger charge is -2.31. The number of hydrogen-bond acceptors (Lipinski definition) is 3. The normalized spacial score (nSPS) is 17.6. The third-order valence-electron chi connectivity index (χ3n) is 3.50. The lowest BCUT2D eigenvalue weighted by molar-refractivity contribution is -0.0570. The standard InChI is InChI=1S/C16H23F2NO2/c1-16(2,3)21-10-13(20)9-19-5-4-14-11(8-19)6-12(17)7-15(14)18/h6-7,13,20H,4-5,8-10H2,1-3H3. The Morgan fingerprint density at radius 2 is 2.05 bits per heavy atom. The Morgan fingerprint density at radius 3 is 2.71 bits per heavy atom. The molecule has 1 aromatic rings. The van der Waals surface area contributed by atoms with E-state index in [1.807, 2.05) is 25.7 Å². The highest BCUT2D eigenvalue weighted by Crippen LogP contribution is 2.23. The summed E-state index contributed by atoms with van der Waals surface area (Å²) < 4.78 is 32.5. The maximum Gasteiger partial charge on any atom is 0.129 e. The topological polar surface area (TPSA) is 32.7 Å². The van der Waals surface area contributed by atoms with Crippen LogP contribution < -0.4 is 0 Å². The number of hydrogen-bond donors (Lipinski definition) is 1. The van der Waals surface area contributed by atoms with Crippen molar-refractivity contribution in [3.8, 4) is 0 Å². The van der Waals surface area contributed by atoms with Crippen molar-refractivity contribution in [1.82, 2.24) is 4.90 Å². The molecule has 1 heterocycles. The van der Waals surface area contributed by atoms with Crippen LogP contribution in [0.15, 0.2) is 12.1 Å². The van der Waals surface area contributed by atoms with Crippen LogP contribution in [0, 0.1) is 11.6 Å². The van der Waals surface area contributed by atoms with Crippen LogP contribution in [0.4, 0.5) is 8.78 Å². The van der Waals surface area contributed by atoms with Crippen molar-refractivity contribution in [2.75, 3.05) is 19.7 Å². The van der Waals surface area contributed by atoms with Crippen molar-refractivity contribution >= 4 is 0 Å². The largest absolute Gasteiger partial charge is 0.389 e. The summed E-state index contributed by atoms with van der Waals surface area (Å²) in [5, 5.41) is 10.0. The summed E-state index contributed by atoms with van der Waals surface area (Å²) in [5.41, 5.74) is 0.970. The zero-order chi connectivity index (χ0) is 15.6. The molecule has 0 saturated carbocycles. The van der Waals surface area contributed by atoms with Crippen LogP contribution in [0.5, 0.6) is 0 Å². The number of ether oxygens (including phenoxy) is 1. The molecule has 0 bridgehead atoms. The number of rotatable bonds is 4. The number of nitrogens with zero attached hydrogens (tertiary/aromatic N) is 1. The Balaban J connectivity index is 1.92. The smallest absolute Gasteiger partial charge is 0.129 e. The summed E-state index contributed by atoms with van der Waals surface area (Å²) in [6.45, 7) is 7.60. The van der Waals surface area contributed by atoms with Crippen molar-refractivity contribution in [2.24, 2.45) is 0 Å². The number of β-amino-alcohol motifs (C(OH)–C–C–N with tert-alkyl or cyclic N) is 1. The van der Waals surface area contributed by atoms with Gasteiger partial charge in [0.05, 0.1) is 18.3 Å². The molecule has 0 fully saturated rings. The van der Waals surface area contributed by atoms with Crippen LogP contribution in [-0.4, -0.2) is 41.4 Å². The lowest BCUT2D eigenvalue weighted by Crippen LogP contribution is -2.39. The molecule has 3 nitrogen and oxygen atoms in total. The first-order chi connectivity index (χ1) is 9.74. The van der Waals surface area contributed by atoms with Crippen molar-refractivity contribution in [3.63, 3.8) is 0 Å². The Hall–Kier alpha value is -1.04. The quantitative estimate of drug-likeness (QED) is 0.927. The highest BCUT2D eigenvalue weighted by Gasteiger charge is 2.22. The SMILES string of the molecule is CC(C)(C)OCC(O)CN1CCc2c(F)cc(F)cc2C1. The lowest BCUT2D eigenvalue weighted by atomic mass is 9.98. The fourth-order valence-corrected chi connectivity index (χ4v) is 2.52. The van der Waals surface area contributed by atoms with Gasteiger partial charge in [0.2, 0.25) is 0 Å². The monoisotopic (exact) mass is 299 g/mol. The second-order valence-corrected chi connectivity index (χ2v) is 6.59. The van der Waals surface area contributed by atoms with Crippen molar-refractivity contribution < 1.29 is 18.6 Å². The average molecular weight is 299 g/mol. The van der Waals surface area contributed by atoms with Gasteiger partial charge in [0.15, 0.2) is 0 Å². The van der Waals surface area contributed by atoms with E-state index in [9.17, 15) is 13.9 Å². The van der Waals surface area contributed by atoms with Gasteiger partial charge in [-0.3, -0.25) is 4.90 Å². The fraction of sp³-hybridized carbons (Fsp3) is 0.625. The molecular weight excluding hydrogens is 276 g/mol. The third kappa shape index (κ3) is 4.73. The summed E-state index contributed by atoms with van der Waals surface area (Å²) in [6.07, 6.45) is -0.0712. The number of benzene rings is 1. The van der Waals surface area contributed by atoms with E-state index >= 15 is 0 Å². The predicted octanol–water partition coefficient (Wildman–Crippen LogP) is 2.50. The molecule has 0 aliphatic carbocycles. The molecule has 2 rings (SSSR count). The molecule has 0 saturated heterocycles. The number of aliphatic hydroxyl groups excluding tert-OH is 1. The van der Waals surface area contributed by atoms with E-state index in [0.29, 0.717) is 37.2 Å². The molecule has 0 aromatic heterocycles. The molecular formula is C16H23F2NO2. The summed E-state index contributed by atoms with van der Waals surface area (Å²) in [6, 6.07) is 2.31. The zero-order valence-electron chi connectivity index (χ0n) is 12.8. The second kappa shape index (κ2) is 6.38. The van der Waals surface area contributed by atoms with Gasteiger partial charge < -0.3 is 9.84 Å². The first-order valence-corrected chi connectivity index (χ1v) is 7.26. The van der Waals surface area contributed by atoms with Crippen molar-refractivity contribution in [1.29, 1.82) is 0 Å². The molecule has 1 atom stereocenters. The van der Waals surface area contributed by atoms with E-state index in [4.69, 9.17) is 4.74 Å². The number of aliphatic hydroxyl groups is 1. The first-order valence-electron chi connectivity index (χ1n) is 7.26. The molecule has 1 aromatic carbocycles. The summed E-state index contributed by atoms with van der Waals surface area (Å²) in [4.78, 5) is 2.00. The number of halogens is 2. The van der Waals surface area contributed by atoms with Gasteiger partial charge in [0.25, 0.3) is 0 Å². The molecule has 1 unspecified atom stereocenters. The van der Waals surface area contributed by atoms with Gasteiger partial charge in [-0.2, -0.15) is 0 Å². The molecule has 1 N–H and O–H groups in total. The minimum Gasteiger partial charge on any atom is -0.389 e. The van der Waals surface area contributed by atoms with E-state index in [1.165, 1.54) is 6.07 Å². The molecule has 0 spiro atoms. The van der Waals surface area contributed by atoms with Gasteiger partial charge in [0.1, 0.15) is 11.6 Å². The fourth-order valence-electron chi connectivity index (χ4n) is 2.52. The highest BCUT2D eigenvalue weighted by molar-refractivity contribution is 5.31. The zero-order valence-corrected chi connectivity index (χ0v) is 12.8. The highest BCUT2D eigenvalue weighted by atomic mass is 19.1. The average Bonchev–Trinajstić information content (AvgIpc) is 2.35. The van der Waals surface area contributed by atoms with Gasteiger partial charge in [-0.25, -0.2) is 8.78 Å². The Morgan fingerprint density at radius 1 is 1.33 bits per heavy atom. The van der Waals surface area contributed by atoms with Crippen molar-refractivity contribution in [3.05, 3.63) is 34.9 Å². The second-order valence-electron chi connectivity index (χ2n) is 6.59. The Bertz CT molecular complexity index is 500. The van der Waals surface area contributed by atoms with Gasteiger partial charge >= 0.3 is 0 Å². The van der Waals surface area contributed by atoms with Gasteiger partial charge in [0, 0.05) is 25.7 Å². The van der Waals surface area contributed by atoms with Crippen LogP contribution in [0.1, 0.15) is 31.9 Å². The Kier molecular flexibility index (Phi) is 4.96. The molecule has 1 aliphatic heterocycles. The molecule has 118 valence electrons. The van der Waals surface area contributed by atoms with E-state index < -0.39 is 17.7 Å². The molecule has 21 heavy (non-hydrogen) atoms. The van der Waals surface area contributed by atoms with Crippen LogP contribution >= 0.6 is 0 Å². The molecule has 5 heteroatoms. The van der Waals surface area contributed by atoms with E-state index in [1.54, 1.807) is 0 Å². The first kappa shape index (κ1) is 16.3. The Labute approximate surface area is 124 Å². The minimum atomic E-state index is -0.607. The van der Waals surface area contributed by atoms with Crippen LogP contribution in [-0.2, 0) is 17.7 Å². The van der Waals surface area contributed by atoms with E-state index in [-0.39, 0.29) is 12.2 Å². The summed E-state index contributed by atoms with van der Waals surface area (Å²) >= 11 is 0. The maximum atomic E-state index is 13.6. The summed E-state index contributed by atoms with van der Waals surface area (Å²) in [5.74, 6) is -1.02. The van der Waals surface area contributed by atoms with Gasteiger partial charge in [-0.1, -0.05) is 0 Å². The van der Waals surface area contributed by atoms with Crippen LogP contribution in [0.2, 0.25) is 0 Å². The molecule has 0 radical (unpaired) electrons.